The van der Waals surface area contributed by atoms with E-state index in [1.54, 1.807) is 13.3 Å². The number of imidazole rings is 1. The lowest BCUT2D eigenvalue weighted by Gasteiger charge is -2.30. The number of likely N-dealkylation sites (N-methyl/N-ethyl adjacent to an activating group) is 1. The van der Waals surface area contributed by atoms with Crippen LogP contribution in [0.1, 0.15) is 31.3 Å². The summed E-state index contributed by atoms with van der Waals surface area (Å²) in [4.78, 5) is 9.81. The maximum absolute atomic E-state index is 5.36. The molecule has 0 saturated heterocycles. The predicted molar refractivity (Wildman–Crippen MR) is 89.0 cm³/mol. The van der Waals surface area contributed by atoms with Crippen molar-refractivity contribution in [3.63, 3.8) is 0 Å². The van der Waals surface area contributed by atoms with E-state index >= 15 is 0 Å². The zero-order valence-electron chi connectivity index (χ0n) is 13.7. The zero-order valence-corrected chi connectivity index (χ0v) is 13.7. The van der Waals surface area contributed by atoms with E-state index in [4.69, 9.17) is 4.74 Å². The standard InChI is InChI=1S/C17H26N4O/c1-4-21(5-2)16(12-18-13-17-19-9-10-20-17)14-7-6-8-15(11-14)22-3/h6-11,16,18H,4-5,12-13H2,1-3H3,(H,19,20). The third-order valence-electron chi connectivity index (χ3n) is 3.92. The Bertz CT molecular complexity index is 537. The van der Waals surface area contributed by atoms with Gasteiger partial charge >= 0.3 is 0 Å². The summed E-state index contributed by atoms with van der Waals surface area (Å²) in [7, 11) is 1.71. The second-order valence-electron chi connectivity index (χ2n) is 5.18. The minimum atomic E-state index is 0.320. The van der Waals surface area contributed by atoms with E-state index in [0.29, 0.717) is 6.04 Å². The molecule has 0 saturated carbocycles. The Labute approximate surface area is 132 Å². The van der Waals surface area contributed by atoms with Gasteiger partial charge in [-0.2, -0.15) is 0 Å². The highest BCUT2D eigenvalue weighted by atomic mass is 16.5. The molecule has 2 rings (SSSR count). The van der Waals surface area contributed by atoms with E-state index in [0.717, 1.165) is 37.8 Å². The SMILES string of the molecule is CCN(CC)C(CNCc1ncc[nH]1)c1cccc(OC)c1. The molecular weight excluding hydrogens is 276 g/mol. The Morgan fingerprint density at radius 1 is 1.32 bits per heavy atom. The molecule has 1 unspecified atom stereocenters. The van der Waals surface area contributed by atoms with Gasteiger partial charge in [-0.25, -0.2) is 4.98 Å². The Morgan fingerprint density at radius 2 is 2.14 bits per heavy atom. The quantitative estimate of drug-likeness (QED) is 0.747. The summed E-state index contributed by atoms with van der Waals surface area (Å²) >= 11 is 0. The number of aromatic amines is 1. The molecule has 0 aliphatic carbocycles. The average molecular weight is 302 g/mol. The summed E-state index contributed by atoms with van der Waals surface area (Å²) in [5.74, 6) is 1.87. The lowest BCUT2D eigenvalue weighted by molar-refractivity contribution is 0.212. The number of rotatable bonds is 9. The molecule has 5 heteroatoms. The van der Waals surface area contributed by atoms with Gasteiger partial charge in [0, 0.05) is 25.0 Å². The largest absolute Gasteiger partial charge is 0.497 e. The minimum absolute atomic E-state index is 0.320. The predicted octanol–water partition coefficient (Wildman–Crippen LogP) is 2.59. The molecule has 1 heterocycles. The van der Waals surface area contributed by atoms with Crippen LogP contribution in [0.25, 0.3) is 0 Å². The first-order valence-corrected chi connectivity index (χ1v) is 7.85. The van der Waals surface area contributed by atoms with E-state index in [1.807, 2.05) is 12.3 Å². The molecule has 0 amide bonds. The molecule has 5 nitrogen and oxygen atoms in total. The van der Waals surface area contributed by atoms with Gasteiger partial charge in [-0.1, -0.05) is 26.0 Å². The first-order chi connectivity index (χ1) is 10.8. The Kier molecular flexibility index (Phi) is 6.43. The van der Waals surface area contributed by atoms with Crippen molar-refractivity contribution in [3.05, 3.63) is 48.0 Å². The molecule has 22 heavy (non-hydrogen) atoms. The van der Waals surface area contributed by atoms with E-state index in [2.05, 4.69) is 52.2 Å². The summed E-state index contributed by atoms with van der Waals surface area (Å²) < 4.78 is 5.36. The molecule has 1 aromatic carbocycles. The van der Waals surface area contributed by atoms with Crippen molar-refractivity contribution in [2.24, 2.45) is 0 Å². The van der Waals surface area contributed by atoms with Gasteiger partial charge in [0.15, 0.2) is 0 Å². The summed E-state index contributed by atoms with van der Waals surface area (Å²) in [5.41, 5.74) is 1.27. The first kappa shape index (κ1) is 16.5. The fourth-order valence-corrected chi connectivity index (χ4v) is 2.69. The highest BCUT2D eigenvalue weighted by molar-refractivity contribution is 5.30. The van der Waals surface area contributed by atoms with Crippen molar-refractivity contribution >= 4 is 0 Å². The molecule has 2 aromatic rings. The van der Waals surface area contributed by atoms with Gasteiger partial charge in [0.05, 0.1) is 13.7 Å². The van der Waals surface area contributed by atoms with E-state index < -0.39 is 0 Å². The Hall–Kier alpha value is -1.85. The van der Waals surface area contributed by atoms with Crippen molar-refractivity contribution in [2.45, 2.75) is 26.4 Å². The van der Waals surface area contributed by atoms with Crippen molar-refractivity contribution in [1.29, 1.82) is 0 Å². The minimum Gasteiger partial charge on any atom is -0.497 e. The van der Waals surface area contributed by atoms with Gasteiger partial charge in [0.25, 0.3) is 0 Å². The van der Waals surface area contributed by atoms with Crippen LogP contribution < -0.4 is 10.1 Å². The number of methoxy groups -OCH3 is 1. The number of benzene rings is 1. The van der Waals surface area contributed by atoms with Gasteiger partial charge in [-0.05, 0) is 30.8 Å². The molecule has 0 radical (unpaired) electrons. The van der Waals surface area contributed by atoms with Crippen LogP contribution in [-0.2, 0) is 6.54 Å². The second-order valence-corrected chi connectivity index (χ2v) is 5.18. The number of nitrogens with one attached hydrogen (secondary N) is 2. The Balaban J connectivity index is 2.07. The Morgan fingerprint density at radius 3 is 2.77 bits per heavy atom. The molecule has 0 aliphatic heterocycles. The molecule has 1 atom stereocenters. The number of ether oxygens (including phenoxy) is 1. The molecular formula is C17H26N4O. The van der Waals surface area contributed by atoms with E-state index in [-0.39, 0.29) is 0 Å². The maximum atomic E-state index is 5.36. The van der Waals surface area contributed by atoms with Crippen LogP contribution >= 0.6 is 0 Å². The molecule has 0 fully saturated rings. The van der Waals surface area contributed by atoms with Crippen LogP contribution in [0.5, 0.6) is 5.75 Å². The van der Waals surface area contributed by atoms with Crippen molar-refractivity contribution in [2.75, 3.05) is 26.7 Å². The maximum Gasteiger partial charge on any atom is 0.120 e. The lowest BCUT2D eigenvalue weighted by atomic mass is 10.0. The fraction of sp³-hybridized carbons (Fsp3) is 0.471. The normalized spacial score (nSPS) is 12.5. The monoisotopic (exact) mass is 302 g/mol. The van der Waals surface area contributed by atoms with E-state index in [1.165, 1.54) is 5.56 Å². The molecule has 120 valence electrons. The van der Waals surface area contributed by atoms with Crippen LogP contribution in [0.4, 0.5) is 0 Å². The van der Waals surface area contributed by atoms with Crippen LogP contribution in [0, 0.1) is 0 Å². The third-order valence-corrected chi connectivity index (χ3v) is 3.92. The van der Waals surface area contributed by atoms with Crippen LogP contribution in [0.2, 0.25) is 0 Å². The fourth-order valence-electron chi connectivity index (χ4n) is 2.69. The van der Waals surface area contributed by atoms with Crippen LogP contribution in [0.3, 0.4) is 0 Å². The highest BCUT2D eigenvalue weighted by Gasteiger charge is 2.18. The smallest absolute Gasteiger partial charge is 0.120 e. The van der Waals surface area contributed by atoms with Gasteiger partial charge in [0.1, 0.15) is 11.6 Å². The number of hydrogen-bond acceptors (Lipinski definition) is 4. The van der Waals surface area contributed by atoms with Crippen molar-refractivity contribution in [3.8, 4) is 5.75 Å². The molecule has 0 spiro atoms. The van der Waals surface area contributed by atoms with Gasteiger partial charge in [-0.3, -0.25) is 4.90 Å². The summed E-state index contributed by atoms with van der Waals surface area (Å²) in [5, 5.41) is 3.50. The highest BCUT2D eigenvalue weighted by Crippen LogP contribution is 2.23. The molecule has 1 aromatic heterocycles. The van der Waals surface area contributed by atoms with Gasteiger partial charge in [-0.15, -0.1) is 0 Å². The third kappa shape index (κ3) is 4.32. The van der Waals surface area contributed by atoms with Crippen molar-refractivity contribution in [1.82, 2.24) is 20.2 Å². The second kappa shape index (κ2) is 8.56. The van der Waals surface area contributed by atoms with Crippen LogP contribution in [-0.4, -0.2) is 41.6 Å². The number of nitrogens with zero attached hydrogens (tertiary/aromatic N) is 2. The summed E-state index contributed by atoms with van der Waals surface area (Å²) in [6.45, 7) is 8.04. The first-order valence-electron chi connectivity index (χ1n) is 7.85. The van der Waals surface area contributed by atoms with Gasteiger partial charge < -0.3 is 15.0 Å². The average Bonchev–Trinajstić information content (AvgIpc) is 3.08. The lowest BCUT2D eigenvalue weighted by Crippen LogP contribution is -2.35. The number of hydrogen-bond donors (Lipinski definition) is 2. The topological polar surface area (TPSA) is 53.2 Å². The summed E-state index contributed by atoms with van der Waals surface area (Å²) in [6, 6.07) is 8.65. The molecule has 0 bridgehead atoms. The van der Waals surface area contributed by atoms with Crippen molar-refractivity contribution < 1.29 is 4.74 Å². The van der Waals surface area contributed by atoms with E-state index in [9.17, 15) is 0 Å². The number of H-pyrrole nitrogens is 1. The zero-order chi connectivity index (χ0) is 15.8. The molecule has 2 N–H and O–H groups in total. The summed E-state index contributed by atoms with van der Waals surface area (Å²) in [6.07, 6.45) is 3.63. The van der Waals surface area contributed by atoms with Gasteiger partial charge in [0.2, 0.25) is 0 Å². The number of aromatic nitrogens is 2. The van der Waals surface area contributed by atoms with Crippen LogP contribution in [0.15, 0.2) is 36.7 Å². The molecule has 0 aliphatic rings.